The summed E-state index contributed by atoms with van der Waals surface area (Å²) in [6.07, 6.45) is -1.76. The van der Waals surface area contributed by atoms with E-state index in [1.54, 1.807) is 0 Å². The van der Waals surface area contributed by atoms with E-state index >= 15 is 0 Å². The first-order valence-corrected chi connectivity index (χ1v) is 4.45. The topological polar surface area (TPSA) is 107 Å². The van der Waals surface area contributed by atoms with Gasteiger partial charge in [-0.1, -0.05) is 0 Å². The van der Waals surface area contributed by atoms with Gasteiger partial charge in [-0.15, -0.1) is 0 Å². The fourth-order valence-electron chi connectivity index (χ4n) is 1.25. The first kappa shape index (κ1) is 12.1. The molecule has 6 nitrogen and oxygen atoms in total. The molecule has 0 aliphatic rings. The van der Waals surface area contributed by atoms with Gasteiger partial charge in [0, 0.05) is 0 Å². The number of rotatable bonds is 4. The highest BCUT2D eigenvalue weighted by atomic mass is 16.5. The number of phenols is 2. The van der Waals surface area contributed by atoms with Crippen molar-refractivity contribution in [3.05, 3.63) is 17.7 Å². The van der Waals surface area contributed by atoms with E-state index in [1.807, 2.05) is 0 Å². The molecule has 0 aliphatic heterocycles. The third-order valence-electron chi connectivity index (χ3n) is 2.05. The summed E-state index contributed by atoms with van der Waals surface area (Å²) >= 11 is 0. The molecule has 0 aromatic heterocycles. The summed E-state index contributed by atoms with van der Waals surface area (Å²) in [5.41, 5.74) is 0.162. The summed E-state index contributed by atoms with van der Waals surface area (Å²) in [6, 6.07) is 2.36. The average Bonchev–Trinajstić information content (AvgIpc) is 2.20. The predicted octanol–water partition coefficient (Wildman–Crippen LogP) is 0.614. The molecule has 0 saturated carbocycles. The maximum absolute atomic E-state index is 10.4. The molecule has 0 aliphatic carbocycles. The fourth-order valence-corrected chi connectivity index (χ4v) is 1.25. The molecule has 1 aromatic rings. The Morgan fingerprint density at radius 2 is 2.06 bits per heavy atom. The van der Waals surface area contributed by atoms with E-state index in [9.17, 15) is 20.1 Å². The molecule has 0 heterocycles. The predicted molar refractivity (Wildman–Crippen MR) is 53.5 cm³/mol. The Kier molecular flexibility index (Phi) is 3.57. The summed E-state index contributed by atoms with van der Waals surface area (Å²) in [5, 5.41) is 36.6. The van der Waals surface area contributed by atoms with Crippen LogP contribution < -0.4 is 4.74 Å². The summed E-state index contributed by atoms with van der Waals surface area (Å²) in [5.74, 6) is -2.12. The van der Waals surface area contributed by atoms with Crippen molar-refractivity contribution in [2.75, 3.05) is 7.11 Å². The molecule has 1 atom stereocenters. The van der Waals surface area contributed by atoms with Crippen LogP contribution >= 0.6 is 0 Å². The van der Waals surface area contributed by atoms with E-state index in [4.69, 9.17) is 9.84 Å². The van der Waals surface area contributed by atoms with Crippen LogP contribution in [0.1, 0.15) is 18.1 Å². The quantitative estimate of drug-likeness (QED) is 0.562. The van der Waals surface area contributed by atoms with E-state index in [-0.39, 0.29) is 11.3 Å². The number of hydrogen-bond donors (Lipinski definition) is 4. The van der Waals surface area contributed by atoms with Gasteiger partial charge in [0.15, 0.2) is 11.5 Å². The van der Waals surface area contributed by atoms with Crippen LogP contribution in [0, 0.1) is 0 Å². The first-order chi connectivity index (χ1) is 7.45. The second kappa shape index (κ2) is 4.71. The molecule has 0 saturated heterocycles. The number of aliphatic hydroxyl groups is 1. The van der Waals surface area contributed by atoms with Crippen molar-refractivity contribution in [2.45, 2.75) is 12.5 Å². The Bertz CT molecular complexity index is 401. The molecule has 0 unspecified atom stereocenters. The monoisotopic (exact) mass is 228 g/mol. The first-order valence-electron chi connectivity index (χ1n) is 4.45. The second-order valence-corrected chi connectivity index (χ2v) is 3.20. The minimum Gasteiger partial charge on any atom is -0.504 e. The Morgan fingerprint density at radius 3 is 2.56 bits per heavy atom. The van der Waals surface area contributed by atoms with Crippen molar-refractivity contribution >= 4 is 5.97 Å². The number of aromatic hydroxyl groups is 2. The molecular formula is C10H12O6. The van der Waals surface area contributed by atoms with Crippen LogP contribution in [0.2, 0.25) is 0 Å². The lowest BCUT2D eigenvalue weighted by molar-refractivity contribution is -0.139. The van der Waals surface area contributed by atoms with E-state index in [0.29, 0.717) is 0 Å². The number of methoxy groups -OCH3 is 1. The second-order valence-electron chi connectivity index (χ2n) is 3.20. The van der Waals surface area contributed by atoms with Crippen molar-refractivity contribution in [3.8, 4) is 17.2 Å². The highest BCUT2D eigenvalue weighted by Gasteiger charge is 2.17. The van der Waals surface area contributed by atoms with Crippen molar-refractivity contribution < 1.29 is 30.0 Å². The maximum Gasteiger partial charge on any atom is 0.306 e. The van der Waals surface area contributed by atoms with Gasteiger partial charge in [-0.25, -0.2) is 0 Å². The number of aliphatic hydroxyl groups excluding tert-OH is 1. The average molecular weight is 228 g/mol. The van der Waals surface area contributed by atoms with E-state index in [2.05, 4.69) is 0 Å². The van der Waals surface area contributed by atoms with Crippen molar-refractivity contribution in [1.82, 2.24) is 0 Å². The summed E-state index contributed by atoms with van der Waals surface area (Å²) in [7, 11) is 1.28. The van der Waals surface area contributed by atoms with Gasteiger partial charge < -0.3 is 25.2 Å². The summed E-state index contributed by atoms with van der Waals surface area (Å²) < 4.78 is 4.75. The highest BCUT2D eigenvalue weighted by molar-refractivity contribution is 5.68. The Morgan fingerprint density at radius 1 is 1.44 bits per heavy atom. The number of aliphatic carboxylic acids is 1. The minimum absolute atomic E-state index is 0.0283. The van der Waals surface area contributed by atoms with Gasteiger partial charge in [0.05, 0.1) is 19.6 Å². The molecule has 88 valence electrons. The van der Waals surface area contributed by atoms with Gasteiger partial charge in [0.1, 0.15) is 0 Å². The highest BCUT2D eigenvalue weighted by Crippen LogP contribution is 2.38. The van der Waals surface area contributed by atoms with Crippen LogP contribution in [0.25, 0.3) is 0 Å². The molecule has 16 heavy (non-hydrogen) atoms. The normalized spacial score (nSPS) is 12.1. The number of ether oxygens (including phenoxy) is 1. The van der Waals surface area contributed by atoms with Crippen LogP contribution in [0.4, 0.5) is 0 Å². The van der Waals surface area contributed by atoms with Gasteiger partial charge >= 0.3 is 5.97 Å². The number of phenolic OH excluding ortho intramolecular Hbond substituents is 2. The summed E-state index contributed by atoms with van der Waals surface area (Å²) in [6.45, 7) is 0. The lowest BCUT2D eigenvalue weighted by Crippen LogP contribution is -2.05. The van der Waals surface area contributed by atoms with Crippen LogP contribution in [0.3, 0.4) is 0 Å². The van der Waals surface area contributed by atoms with Gasteiger partial charge in [0.2, 0.25) is 5.75 Å². The molecule has 0 bridgehead atoms. The SMILES string of the molecule is COc1cc([C@H](O)CC(=O)O)cc(O)c1O. The molecule has 0 amide bonds. The van der Waals surface area contributed by atoms with Gasteiger partial charge in [-0.3, -0.25) is 4.79 Å². The number of carboxylic acids is 1. The molecule has 1 aromatic carbocycles. The van der Waals surface area contributed by atoms with Crippen LogP contribution in [0.15, 0.2) is 12.1 Å². The molecule has 0 fully saturated rings. The van der Waals surface area contributed by atoms with Gasteiger partial charge in [-0.05, 0) is 17.7 Å². The number of carbonyl (C=O) groups is 1. The fraction of sp³-hybridized carbons (Fsp3) is 0.300. The van der Waals surface area contributed by atoms with Crippen LogP contribution in [0.5, 0.6) is 17.2 Å². The largest absolute Gasteiger partial charge is 0.504 e. The Hall–Kier alpha value is -1.95. The van der Waals surface area contributed by atoms with Gasteiger partial charge in [-0.2, -0.15) is 0 Å². The smallest absolute Gasteiger partial charge is 0.306 e. The van der Waals surface area contributed by atoms with Crippen molar-refractivity contribution in [3.63, 3.8) is 0 Å². The number of benzene rings is 1. The summed E-state index contributed by atoms with van der Waals surface area (Å²) in [4.78, 5) is 10.4. The van der Waals surface area contributed by atoms with E-state index in [0.717, 1.165) is 6.07 Å². The zero-order valence-corrected chi connectivity index (χ0v) is 8.54. The third-order valence-corrected chi connectivity index (χ3v) is 2.05. The number of carboxylic acid groups (broad SMARTS) is 1. The zero-order chi connectivity index (χ0) is 12.3. The Labute approximate surface area is 91.3 Å². The number of hydrogen-bond acceptors (Lipinski definition) is 5. The van der Waals surface area contributed by atoms with Crippen molar-refractivity contribution in [2.24, 2.45) is 0 Å². The lowest BCUT2D eigenvalue weighted by atomic mass is 10.1. The molecule has 6 heteroatoms. The van der Waals surface area contributed by atoms with E-state index < -0.39 is 30.0 Å². The maximum atomic E-state index is 10.4. The van der Waals surface area contributed by atoms with Crippen LogP contribution in [-0.4, -0.2) is 33.5 Å². The van der Waals surface area contributed by atoms with Crippen molar-refractivity contribution in [1.29, 1.82) is 0 Å². The van der Waals surface area contributed by atoms with Crippen LogP contribution in [-0.2, 0) is 4.79 Å². The molecule has 0 spiro atoms. The minimum atomic E-state index is -1.27. The molecule has 1 rings (SSSR count). The van der Waals surface area contributed by atoms with Gasteiger partial charge in [0.25, 0.3) is 0 Å². The zero-order valence-electron chi connectivity index (χ0n) is 8.54. The molecule has 4 N–H and O–H groups in total. The lowest BCUT2D eigenvalue weighted by Gasteiger charge is -2.12. The standard InChI is InChI=1S/C10H12O6/c1-16-8-3-5(2-7(12)10(8)15)6(11)4-9(13)14/h2-3,6,11-12,15H,4H2,1H3,(H,13,14)/t6-/m1/s1. The molecule has 0 radical (unpaired) electrons. The molecular weight excluding hydrogens is 216 g/mol. The Balaban J connectivity index is 3.05. The van der Waals surface area contributed by atoms with E-state index in [1.165, 1.54) is 13.2 Å². The third kappa shape index (κ3) is 2.54.